The van der Waals surface area contributed by atoms with Crippen LogP contribution in [0.4, 0.5) is 0 Å². The van der Waals surface area contributed by atoms with E-state index in [1.165, 1.54) is 16.7 Å². The predicted molar refractivity (Wildman–Crippen MR) is 78.8 cm³/mol. The Morgan fingerprint density at radius 3 is 2.50 bits per heavy atom. The maximum Gasteiger partial charge on any atom is 0.0751 e. The van der Waals surface area contributed by atoms with Gasteiger partial charge >= 0.3 is 0 Å². The summed E-state index contributed by atoms with van der Waals surface area (Å²) in [6.07, 6.45) is 1.84. The summed E-state index contributed by atoms with van der Waals surface area (Å²) in [5.41, 5.74) is 4.89. The fraction of sp³-hybridized carbons (Fsp3) is 0.267. The van der Waals surface area contributed by atoms with Crippen LogP contribution in [0, 0.1) is 13.8 Å². The van der Waals surface area contributed by atoms with E-state index >= 15 is 0 Å². The Bertz CT molecular complexity index is 535. The summed E-state index contributed by atoms with van der Waals surface area (Å²) in [7, 11) is 1.97. The third kappa shape index (κ3) is 2.79. The molecule has 94 valence electrons. The molecule has 1 N–H and O–H groups in total. The van der Waals surface area contributed by atoms with Gasteiger partial charge in [-0.25, -0.2) is 0 Å². The van der Waals surface area contributed by atoms with E-state index in [2.05, 4.69) is 58.3 Å². The van der Waals surface area contributed by atoms with Gasteiger partial charge in [0.2, 0.25) is 0 Å². The van der Waals surface area contributed by atoms with Gasteiger partial charge in [0.15, 0.2) is 0 Å². The number of nitrogens with one attached hydrogen (secondary N) is 1. The topological polar surface area (TPSA) is 24.9 Å². The third-order valence-electron chi connectivity index (χ3n) is 3.07. The largest absolute Gasteiger partial charge is 0.308 e. The molecule has 2 aromatic rings. The molecule has 1 unspecified atom stereocenters. The maximum absolute atomic E-state index is 4.48. The number of aryl methyl sites for hydroxylation is 2. The first-order valence-electron chi connectivity index (χ1n) is 5.97. The van der Waals surface area contributed by atoms with E-state index in [1.54, 1.807) is 0 Å². The average molecular weight is 305 g/mol. The Hall–Kier alpha value is -1.19. The quantitative estimate of drug-likeness (QED) is 0.933. The van der Waals surface area contributed by atoms with Gasteiger partial charge in [0.05, 0.1) is 11.7 Å². The van der Waals surface area contributed by atoms with Gasteiger partial charge in [0, 0.05) is 10.7 Å². The molecule has 2 rings (SSSR count). The third-order valence-corrected chi connectivity index (χ3v) is 3.54. The monoisotopic (exact) mass is 304 g/mol. The first-order valence-corrected chi connectivity index (χ1v) is 6.77. The fourth-order valence-corrected chi connectivity index (χ4v) is 2.40. The summed E-state index contributed by atoms with van der Waals surface area (Å²) < 4.78 is 1.00. The summed E-state index contributed by atoms with van der Waals surface area (Å²) >= 11 is 3.41. The highest BCUT2D eigenvalue weighted by Gasteiger charge is 2.15. The van der Waals surface area contributed by atoms with Gasteiger partial charge in [-0.15, -0.1) is 0 Å². The highest BCUT2D eigenvalue weighted by atomic mass is 79.9. The van der Waals surface area contributed by atoms with Gasteiger partial charge in [-0.2, -0.15) is 0 Å². The minimum Gasteiger partial charge on any atom is -0.308 e. The zero-order valence-electron chi connectivity index (χ0n) is 10.9. The van der Waals surface area contributed by atoms with Gasteiger partial charge in [0.25, 0.3) is 0 Å². The van der Waals surface area contributed by atoms with Crippen molar-refractivity contribution in [3.63, 3.8) is 0 Å². The second kappa shape index (κ2) is 5.63. The number of pyridine rings is 1. The van der Waals surface area contributed by atoms with Gasteiger partial charge in [-0.05, 0) is 60.1 Å². The van der Waals surface area contributed by atoms with Crippen LogP contribution in [0.25, 0.3) is 0 Å². The van der Waals surface area contributed by atoms with E-state index in [0.29, 0.717) is 0 Å². The molecule has 0 aliphatic heterocycles. The zero-order chi connectivity index (χ0) is 13.1. The van der Waals surface area contributed by atoms with Crippen LogP contribution in [0.15, 0.2) is 41.0 Å². The molecular formula is C15H17BrN2. The number of nitrogens with zero attached hydrogens (tertiary/aromatic N) is 1. The Balaban J connectivity index is 2.41. The summed E-state index contributed by atoms with van der Waals surface area (Å²) in [6, 6.07) is 10.7. The van der Waals surface area contributed by atoms with E-state index in [9.17, 15) is 0 Å². The van der Waals surface area contributed by atoms with Crippen LogP contribution >= 0.6 is 15.9 Å². The van der Waals surface area contributed by atoms with Crippen LogP contribution in [0.3, 0.4) is 0 Å². The number of benzene rings is 1. The van der Waals surface area contributed by atoms with Crippen molar-refractivity contribution in [1.82, 2.24) is 10.3 Å². The molecule has 0 amide bonds. The summed E-state index contributed by atoms with van der Waals surface area (Å²) in [5, 5.41) is 3.34. The molecule has 0 spiro atoms. The molecule has 1 atom stereocenters. The average Bonchev–Trinajstić information content (AvgIpc) is 2.35. The first kappa shape index (κ1) is 13.2. The van der Waals surface area contributed by atoms with Crippen molar-refractivity contribution in [3.8, 4) is 0 Å². The van der Waals surface area contributed by atoms with Crippen molar-refractivity contribution < 1.29 is 0 Å². The Morgan fingerprint density at radius 2 is 1.94 bits per heavy atom. The van der Waals surface area contributed by atoms with Crippen molar-refractivity contribution in [1.29, 1.82) is 0 Å². The van der Waals surface area contributed by atoms with Crippen molar-refractivity contribution >= 4 is 15.9 Å². The zero-order valence-corrected chi connectivity index (χ0v) is 12.5. The van der Waals surface area contributed by atoms with Crippen molar-refractivity contribution in [3.05, 3.63) is 63.4 Å². The van der Waals surface area contributed by atoms with Crippen LogP contribution in [0.2, 0.25) is 0 Å². The van der Waals surface area contributed by atoms with Gasteiger partial charge in [-0.1, -0.05) is 23.8 Å². The highest BCUT2D eigenvalue weighted by molar-refractivity contribution is 9.10. The Labute approximate surface area is 117 Å². The molecule has 18 heavy (non-hydrogen) atoms. The second-order valence-electron chi connectivity index (χ2n) is 4.48. The number of hydrogen-bond acceptors (Lipinski definition) is 2. The van der Waals surface area contributed by atoms with Crippen LogP contribution in [0.5, 0.6) is 0 Å². The molecule has 1 aromatic carbocycles. The van der Waals surface area contributed by atoms with Crippen LogP contribution in [-0.2, 0) is 0 Å². The van der Waals surface area contributed by atoms with Gasteiger partial charge in [-0.3, -0.25) is 4.98 Å². The second-order valence-corrected chi connectivity index (χ2v) is 5.40. The molecule has 1 aromatic heterocycles. The van der Waals surface area contributed by atoms with Gasteiger partial charge in [0.1, 0.15) is 0 Å². The molecule has 0 radical (unpaired) electrons. The summed E-state index contributed by atoms with van der Waals surface area (Å²) in [5.74, 6) is 0. The molecule has 0 saturated heterocycles. The number of halogens is 1. The lowest BCUT2D eigenvalue weighted by atomic mass is 9.97. The smallest absolute Gasteiger partial charge is 0.0751 e. The molecule has 0 bridgehead atoms. The van der Waals surface area contributed by atoms with E-state index in [-0.39, 0.29) is 6.04 Å². The maximum atomic E-state index is 4.48. The predicted octanol–water partition coefficient (Wildman–Crippen LogP) is 3.77. The number of rotatable bonds is 3. The van der Waals surface area contributed by atoms with E-state index < -0.39 is 0 Å². The summed E-state index contributed by atoms with van der Waals surface area (Å²) in [6.45, 7) is 4.26. The number of hydrogen-bond donors (Lipinski definition) is 1. The fourth-order valence-electron chi connectivity index (χ4n) is 2.17. The normalized spacial score (nSPS) is 12.4. The van der Waals surface area contributed by atoms with E-state index in [1.807, 2.05) is 25.4 Å². The Morgan fingerprint density at radius 1 is 1.17 bits per heavy atom. The van der Waals surface area contributed by atoms with Crippen molar-refractivity contribution in [2.24, 2.45) is 0 Å². The Kier molecular flexibility index (Phi) is 4.15. The lowest BCUT2D eigenvalue weighted by Crippen LogP contribution is -2.19. The number of aromatic nitrogens is 1. The molecule has 2 nitrogen and oxygen atoms in total. The lowest BCUT2D eigenvalue weighted by molar-refractivity contribution is 0.666. The van der Waals surface area contributed by atoms with Crippen LogP contribution in [-0.4, -0.2) is 12.0 Å². The van der Waals surface area contributed by atoms with Crippen molar-refractivity contribution in [2.75, 3.05) is 7.05 Å². The molecule has 0 saturated carbocycles. The minimum absolute atomic E-state index is 0.138. The minimum atomic E-state index is 0.138. The SMILES string of the molecule is CNC(c1ccc(Br)cn1)c1ccc(C)cc1C. The molecular weight excluding hydrogens is 288 g/mol. The van der Waals surface area contributed by atoms with E-state index in [0.717, 1.165) is 10.2 Å². The lowest BCUT2D eigenvalue weighted by Gasteiger charge is -2.19. The summed E-state index contributed by atoms with van der Waals surface area (Å²) in [4.78, 5) is 4.48. The highest BCUT2D eigenvalue weighted by Crippen LogP contribution is 2.24. The van der Waals surface area contributed by atoms with E-state index in [4.69, 9.17) is 0 Å². The standard InChI is InChI=1S/C15H17BrN2/c1-10-4-6-13(11(2)8-10)15(17-3)14-7-5-12(16)9-18-14/h4-9,15,17H,1-3H3. The van der Waals surface area contributed by atoms with Crippen molar-refractivity contribution in [2.45, 2.75) is 19.9 Å². The molecule has 1 heterocycles. The van der Waals surface area contributed by atoms with Crippen LogP contribution in [0.1, 0.15) is 28.4 Å². The first-order chi connectivity index (χ1) is 8.61. The van der Waals surface area contributed by atoms with Gasteiger partial charge < -0.3 is 5.32 Å². The molecule has 0 fully saturated rings. The molecule has 0 aliphatic carbocycles. The molecule has 0 aliphatic rings. The molecule has 3 heteroatoms. The van der Waals surface area contributed by atoms with Crippen LogP contribution < -0.4 is 5.32 Å².